The molecule has 1 fully saturated rings. The van der Waals surface area contributed by atoms with Gasteiger partial charge < -0.3 is 14.4 Å². The Kier molecular flexibility index (Phi) is 5.54. The lowest BCUT2D eigenvalue weighted by molar-refractivity contribution is -0.135. The Hall–Kier alpha value is -2.82. The molecule has 5 heteroatoms. The van der Waals surface area contributed by atoms with Crippen LogP contribution in [0.1, 0.15) is 52.7 Å². The highest BCUT2D eigenvalue weighted by atomic mass is 16.5. The smallest absolute Gasteiger partial charge is 0.226 e. The minimum absolute atomic E-state index is 0.0894. The Bertz CT molecular complexity index is 956. The van der Waals surface area contributed by atoms with E-state index in [1.165, 1.54) is 5.56 Å². The van der Waals surface area contributed by atoms with Crippen LogP contribution in [-0.2, 0) is 4.79 Å². The molecule has 30 heavy (non-hydrogen) atoms. The monoisotopic (exact) mass is 407 g/mol. The van der Waals surface area contributed by atoms with Crippen molar-refractivity contribution in [1.29, 1.82) is 0 Å². The zero-order valence-corrected chi connectivity index (χ0v) is 18.0. The van der Waals surface area contributed by atoms with Crippen LogP contribution in [0.5, 0.6) is 11.5 Å². The van der Waals surface area contributed by atoms with Gasteiger partial charge in [-0.15, -0.1) is 0 Å². The van der Waals surface area contributed by atoms with E-state index in [-0.39, 0.29) is 11.7 Å². The predicted molar refractivity (Wildman–Crippen MR) is 115 cm³/mol. The van der Waals surface area contributed by atoms with E-state index in [9.17, 15) is 9.59 Å². The van der Waals surface area contributed by atoms with E-state index in [1.807, 2.05) is 62.1 Å². The Labute approximate surface area is 178 Å². The van der Waals surface area contributed by atoms with Crippen molar-refractivity contribution < 1.29 is 19.1 Å². The van der Waals surface area contributed by atoms with Crippen molar-refractivity contribution in [3.05, 3.63) is 58.7 Å². The largest absolute Gasteiger partial charge is 0.493 e. The van der Waals surface area contributed by atoms with Gasteiger partial charge in [0, 0.05) is 25.9 Å². The van der Waals surface area contributed by atoms with E-state index in [0.717, 1.165) is 22.6 Å². The van der Waals surface area contributed by atoms with E-state index in [2.05, 4.69) is 0 Å². The van der Waals surface area contributed by atoms with Gasteiger partial charge in [-0.3, -0.25) is 9.59 Å². The average Bonchev–Trinajstić information content (AvgIpc) is 2.73. The normalized spacial score (nSPS) is 17.4. The second kappa shape index (κ2) is 8.13. The van der Waals surface area contributed by atoms with Crippen molar-refractivity contribution in [2.45, 2.75) is 52.1 Å². The third-order valence-electron chi connectivity index (χ3n) is 6.41. The van der Waals surface area contributed by atoms with Crippen molar-refractivity contribution in [3.63, 3.8) is 0 Å². The second-order valence-corrected chi connectivity index (χ2v) is 8.56. The van der Waals surface area contributed by atoms with Crippen LogP contribution in [0.25, 0.3) is 0 Å². The van der Waals surface area contributed by atoms with E-state index in [4.69, 9.17) is 9.47 Å². The van der Waals surface area contributed by atoms with Gasteiger partial charge in [0.15, 0.2) is 5.78 Å². The molecule has 0 aromatic heterocycles. The molecule has 5 nitrogen and oxygen atoms in total. The first-order chi connectivity index (χ1) is 14.4. The minimum Gasteiger partial charge on any atom is -0.493 e. The summed E-state index contributed by atoms with van der Waals surface area (Å²) < 4.78 is 12.1. The first-order valence-corrected chi connectivity index (χ1v) is 10.7. The Morgan fingerprint density at radius 2 is 1.77 bits per heavy atom. The number of Topliss-reactive ketones (excluding diaryl/α,β-unsaturated/α-hetero) is 1. The molecule has 158 valence electrons. The van der Waals surface area contributed by atoms with Crippen molar-refractivity contribution in [1.82, 2.24) is 4.90 Å². The fraction of sp³-hybridized carbons (Fsp3) is 0.440. The number of hydrogen-bond acceptors (Lipinski definition) is 4. The first kappa shape index (κ1) is 20.5. The molecule has 0 atom stereocenters. The Morgan fingerprint density at radius 1 is 1.07 bits per heavy atom. The van der Waals surface area contributed by atoms with Crippen molar-refractivity contribution in [2.75, 3.05) is 19.7 Å². The van der Waals surface area contributed by atoms with Gasteiger partial charge in [-0.25, -0.2) is 0 Å². The van der Waals surface area contributed by atoms with Crippen LogP contribution in [0, 0.1) is 20.8 Å². The summed E-state index contributed by atoms with van der Waals surface area (Å²) in [5.41, 5.74) is 3.54. The van der Waals surface area contributed by atoms with Crippen LogP contribution in [0.2, 0.25) is 0 Å². The lowest BCUT2D eigenvalue weighted by atomic mass is 9.81. The predicted octanol–water partition coefficient (Wildman–Crippen LogP) is 4.41. The topological polar surface area (TPSA) is 55.8 Å². The number of carbonyl (C=O) groups excluding carboxylic acids is 2. The lowest BCUT2D eigenvalue weighted by Crippen LogP contribution is -2.52. The summed E-state index contributed by atoms with van der Waals surface area (Å²) in [6.45, 7) is 7.65. The zero-order chi connectivity index (χ0) is 21.3. The van der Waals surface area contributed by atoms with Crippen LogP contribution in [0.15, 0.2) is 36.4 Å². The van der Waals surface area contributed by atoms with Crippen LogP contribution in [0.3, 0.4) is 0 Å². The van der Waals surface area contributed by atoms with Gasteiger partial charge in [-0.2, -0.15) is 0 Å². The number of ether oxygens (including phenoxy) is 2. The number of ketones is 1. The first-order valence-electron chi connectivity index (χ1n) is 10.7. The number of carbonyl (C=O) groups is 2. The molecule has 2 aliphatic heterocycles. The van der Waals surface area contributed by atoms with Gasteiger partial charge in [-0.05, 0) is 50.1 Å². The molecule has 1 saturated heterocycles. The number of rotatable bonds is 4. The molecule has 0 unspecified atom stereocenters. The number of amides is 1. The molecule has 0 N–H and O–H groups in total. The van der Waals surface area contributed by atoms with Gasteiger partial charge in [-0.1, -0.05) is 23.8 Å². The highest BCUT2D eigenvalue weighted by Crippen LogP contribution is 2.41. The molecule has 1 spiro atoms. The van der Waals surface area contributed by atoms with Gasteiger partial charge in [0.05, 0.1) is 25.0 Å². The summed E-state index contributed by atoms with van der Waals surface area (Å²) >= 11 is 0. The number of benzene rings is 2. The van der Waals surface area contributed by atoms with E-state index in [1.54, 1.807) is 0 Å². The molecule has 2 aromatic rings. The molecule has 0 aliphatic carbocycles. The Morgan fingerprint density at radius 3 is 2.47 bits per heavy atom. The highest BCUT2D eigenvalue weighted by Gasteiger charge is 2.44. The Balaban J connectivity index is 1.33. The SMILES string of the molecule is Cc1ccc(OCCC(=O)N2CCC3(CC2)CC(=O)c2ccc(C)c(C)c2O3)cc1. The molecule has 2 heterocycles. The van der Waals surface area contributed by atoms with Crippen molar-refractivity contribution in [3.8, 4) is 11.5 Å². The van der Waals surface area contributed by atoms with Crippen molar-refractivity contribution in [2.24, 2.45) is 0 Å². The molecule has 4 rings (SSSR count). The van der Waals surface area contributed by atoms with Crippen LogP contribution < -0.4 is 9.47 Å². The van der Waals surface area contributed by atoms with Gasteiger partial charge in [0.2, 0.25) is 5.91 Å². The summed E-state index contributed by atoms with van der Waals surface area (Å²) in [6.07, 6.45) is 2.09. The van der Waals surface area contributed by atoms with Crippen LogP contribution in [-0.4, -0.2) is 41.9 Å². The third kappa shape index (κ3) is 4.07. The van der Waals surface area contributed by atoms with Crippen molar-refractivity contribution >= 4 is 11.7 Å². The van der Waals surface area contributed by atoms with E-state index < -0.39 is 5.60 Å². The van der Waals surface area contributed by atoms with Crippen LogP contribution >= 0.6 is 0 Å². The summed E-state index contributed by atoms with van der Waals surface area (Å²) in [5, 5.41) is 0. The molecule has 0 bridgehead atoms. The van der Waals surface area contributed by atoms with E-state index in [0.29, 0.717) is 50.9 Å². The number of nitrogens with zero attached hydrogens (tertiary/aromatic N) is 1. The molecule has 2 aromatic carbocycles. The maximum absolute atomic E-state index is 12.8. The summed E-state index contributed by atoms with van der Waals surface area (Å²) in [5.74, 6) is 1.75. The molecule has 0 saturated carbocycles. The zero-order valence-electron chi connectivity index (χ0n) is 18.0. The fourth-order valence-corrected chi connectivity index (χ4v) is 4.27. The number of hydrogen-bond donors (Lipinski definition) is 0. The molecular formula is C25H29NO4. The van der Waals surface area contributed by atoms with Gasteiger partial charge in [0.25, 0.3) is 0 Å². The molecule has 0 radical (unpaired) electrons. The minimum atomic E-state index is -0.488. The highest BCUT2D eigenvalue weighted by molar-refractivity contribution is 6.01. The maximum atomic E-state index is 12.8. The summed E-state index contributed by atoms with van der Waals surface area (Å²) in [6, 6.07) is 11.7. The third-order valence-corrected chi connectivity index (χ3v) is 6.41. The van der Waals surface area contributed by atoms with Crippen LogP contribution in [0.4, 0.5) is 0 Å². The maximum Gasteiger partial charge on any atom is 0.226 e. The number of aryl methyl sites for hydroxylation is 2. The molecule has 2 aliphatic rings. The second-order valence-electron chi connectivity index (χ2n) is 8.56. The van der Waals surface area contributed by atoms with E-state index >= 15 is 0 Å². The average molecular weight is 408 g/mol. The van der Waals surface area contributed by atoms with Gasteiger partial charge in [0.1, 0.15) is 17.1 Å². The lowest BCUT2D eigenvalue weighted by Gasteiger charge is -2.44. The number of piperidine rings is 1. The summed E-state index contributed by atoms with van der Waals surface area (Å²) in [4.78, 5) is 27.2. The summed E-state index contributed by atoms with van der Waals surface area (Å²) in [7, 11) is 0. The standard InChI is InChI=1S/C25H29NO4/c1-17-4-7-20(8-5-17)29-15-10-23(28)26-13-11-25(12-14-26)16-22(27)21-9-6-18(2)19(3)24(21)30-25/h4-9H,10-16H2,1-3H3. The molecule has 1 amide bonds. The fourth-order valence-electron chi connectivity index (χ4n) is 4.27. The van der Waals surface area contributed by atoms with Gasteiger partial charge >= 0.3 is 0 Å². The molecular weight excluding hydrogens is 378 g/mol. The number of fused-ring (bicyclic) bond motifs is 1. The quantitative estimate of drug-likeness (QED) is 0.753. The number of likely N-dealkylation sites (tertiary alicyclic amines) is 1.